The van der Waals surface area contributed by atoms with Crippen LogP contribution in [0.4, 0.5) is 5.82 Å². The van der Waals surface area contributed by atoms with Crippen molar-refractivity contribution in [1.29, 1.82) is 5.26 Å². The van der Waals surface area contributed by atoms with Gasteiger partial charge in [0.2, 0.25) is 5.91 Å². The first-order chi connectivity index (χ1) is 12.8. The lowest BCUT2D eigenvalue weighted by molar-refractivity contribution is -0.130. The number of pyridine rings is 1. The lowest BCUT2D eigenvalue weighted by Crippen LogP contribution is -2.41. The van der Waals surface area contributed by atoms with Crippen LogP contribution in [-0.4, -0.2) is 48.0 Å². The fraction of sp³-hybridized carbons (Fsp3) is 0.350. The second-order valence-corrected chi connectivity index (χ2v) is 6.25. The summed E-state index contributed by atoms with van der Waals surface area (Å²) in [5, 5.41) is 15.4. The summed E-state index contributed by atoms with van der Waals surface area (Å²) in [5.74, 6) is 0.807. The zero-order valence-corrected chi connectivity index (χ0v) is 14.7. The minimum absolute atomic E-state index is 0.00162. The Bertz CT molecular complexity index is 771. The van der Waals surface area contributed by atoms with Gasteiger partial charge in [-0.1, -0.05) is 36.4 Å². The summed E-state index contributed by atoms with van der Waals surface area (Å²) in [6, 6.07) is 17.9. The first kappa shape index (κ1) is 17.9. The molecular weight excluding hydrogens is 326 g/mol. The summed E-state index contributed by atoms with van der Waals surface area (Å²) in [7, 11) is 0. The van der Waals surface area contributed by atoms with Crippen molar-refractivity contribution in [3.8, 4) is 17.3 Å². The van der Waals surface area contributed by atoms with Crippen LogP contribution in [0.5, 0.6) is 0 Å². The van der Waals surface area contributed by atoms with E-state index in [-0.39, 0.29) is 18.5 Å². The highest BCUT2D eigenvalue weighted by molar-refractivity contribution is 5.79. The molecule has 2 N–H and O–H groups in total. The van der Waals surface area contributed by atoms with E-state index in [2.05, 4.69) is 21.7 Å². The second-order valence-electron chi connectivity index (χ2n) is 6.25. The third-order valence-corrected chi connectivity index (χ3v) is 4.42. The van der Waals surface area contributed by atoms with Crippen molar-refractivity contribution in [3.63, 3.8) is 0 Å². The SMILES string of the molecule is N#CC1CCCN1C(=O)CNCCNc1cccc(-c2ccccc2)n1. The standard InChI is InChI=1S/C20H23N5O/c21-14-17-8-5-13-25(17)20(26)15-22-11-12-23-19-10-4-9-18(24-19)16-6-2-1-3-7-16/h1-4,6-7,9-10,17,22H,5,8,11-13,15H2,(H,23,24). The predicted molar refractivity (Wildman–Crippen MR) is 101 cm³/mol. The lowest BCUT2D eigenvalue weighted by Gasteiger charge is -2.19. The maximum atomic E-state index is 12.1. The molecule has 1 atom stereocenters. The van der Waals surface area contributed by atoms with Gasteiger partial charge in [0.15, 0.2) is 0 Å². The van der Waals surface area contributed by atoms with Crippen LogP contribution in [-0.2, 0) is 4.79 Å². The van der Waals surface area contributed by atoms with E-state index in [0.29, 0.717) is 19.6 Å². The number of hydrogen-bond donors (Lipinski definition) is 2. The molecule has 1 aromatic heterocycles. The van der Waals surface area contributed by atoms with Crippen LogP contribution >= 0.6 is 0 Å². The number of carbonyl (C=O) groups is 1. The largest absolute Gasteiger partial charge is 0.369 e. The molecule has 0 spiro atoms. The number of nitriles is 1. The molecule has 1 fully saturated rings. The maximum absolute atomic E-state index is 12.1. The highest BCUT2D eigenvalue weighted by Crippen LogP contribution is 2.18. The number of aromatic nitrogens is 1. The summed E-state index contributed by atoms with van der Waals surface area (Å²) in [6.45, 7) is 2.26. The van der Waals surface area contributed by atoms with Gasteiger partial charge in [0, 0.05) is 25.2 Å². The summed E-state index contributed by atoms with van der Waals surface area (Å²) in [5.41, 5.74) is 2.01. The summed E-state index contributed by atoms with van der Waals surface area (Å²) < 4.78 is 0. The zero-order chi connectivity index (χ0) is 18.2. The third-order valence-electron chi connectivity index (χ3n) is 4.42. The van der Waals surface area contributed by atoms with E-state index >= 15 is 0 Å². The monoisotopic (exact) mass is 349 g/mol. The van der Waals surface area contributed by atoms with E-state index in [1.165, 1.54) is 0 Å². The maximum Gasteiger partial charge on any atom is 0.237 e. The van der Waals surface area contributed by atoms with E-state index in [0.717, 1.165) is 29.9 Å². The van der Waals surface area contributed by atoms with E-state index in [1.807, 2.05) is 48.5 Å². The average molecular weight is 349 g/mol. The van der Waals surface area contributed by atoms with Gasteiger partial charge in [-0.3, -0.25) is 4.79 Å². The fourth-order valence-corrected chi connectivity index (χ4v) is 3.08. The smallest absolute Gasteiger partial charge is 0.237 e. The molecular formula is C20H23N5O. The number of hydrogen-bond acceptors (Lipinski definition) is 5. The van der Waals surface area contributed by atoms with Crippen molar-refractivity contribution in [2.45, 2.75) is 18.9 Å². The molecule has 2 aromatic rings. The van der Waals surface area contributed by atoms with Crippen LogP contribution < -0.4 is 10.6 Å². The zero-order valence-electron chi connectivity index (χ0n) is 14.7. The molecule has 0 aliphatic carbocycles. The summed E-state index contributed by atoms with van der Waals surface area (Å²) in [4.78, 5) is 18.4. The number of likely N-dealkylation sites (tertiary alicyclic amines) is 1. The van der Waals surface area contributed by atoms with E-state index in [4.69, 9.17) is 5.26 Å². The number of carbonyl (C=O) groups excluding carboxylic acids is 1. The molecule has 1 aliphatic rings. The van der Waals surface area contributed by atoms with Crippen LogP contribution in [0, 0.1) is 11.3 Å². The minimum Gasteiger partial charge on any atom is -0.369 e. The summed E-state index contributed by atoms with van der Waals surface area (Å²) >= 11 is 0. The highest BCUT2D eigenvalue weighted by Gasteiger charge is 2.27. The van der Waals surface area contributed by atoms with Gasteiger partial charge >= 0.3 is 0 Å². The Balaban J connectivity index is 1.42. The predicted octanol–water partition coefficient (Wildman–Crippen LogP) is 2.26. The van der Waals surface area contributed by atoms with Crippen molar-refractivity contribution in [1.82, 2.24) is 15.2 Å². The average Bonchev–Trinajstić information content (AvgIpc) is 3.17. The Hall–Kier alpha value is -2.91. The number of amides is 1. The molecule has 0 bridgehead atoms. The molecule has 1 unspecified atom stereocenters. The molecule has 6 heteroatoms. The van der Waals surface area contributed by atoms with Crippen LogP contribution in [0.1, 0.15) is 12.8 Å². The minimum atomic E-state index is -0.257. The molecule has 3 rings (SSSR count). The number of anilines is 1. The quantitative estimate of drug-likeness (QED) is 0.750. The van der Waals surface area contributed by atoms with Crippen molar-refractivity contribution in [2.75, 3.05) is 31.5 Å². The van der Waals surface area contributed by atoms with Crippen molar-refractivity contribution < 1.29 is 4.79 Å². The molecule has 0 saturated carbocycles. The molecule has 6 nitrogen and oxygen atoms in total. The molecule has 1 saturated heterocycles. The summed E-state index contributed by atoms with van der Waals surface area (Å²) in [6.07, 6.45) is 1.70. The molecule has 26 heavy (non-hydrogen) atoms. The molecule has 1 amide bonds. The Morgan fingerprint density at radius 2 is 2.04 bits per heavy atom. The van der Waals surface area contributed by atoms with Gasteiger partial charge in [0.05, 0.1) is 18.3 Å². The molecule has 0 radical (unpaired) electrons. The number of rotatable bonds is 7. The lowest BCUT2D eigenvalue weighted by atomic mass is 10.1. The van der Waals surface area contributed by atoms with Gasteiger partial charge in [-0.25, -0.2) is 4.98 Å². The number of nitrogens with zero attached hydrogens (tertiary/aromatic N) is 3. The van der Waals surface area contributed by atoms with Crippen LogP contribution in [0.15, 0.2) is 48.5 Å². The van der Waals surface area contributed by atoms with Gasteiger partial charge in [-0.15, -0.1) is 0 Å². The number of nitrogens with one attached hydrogen (secondary N) is 2. The van der Waals surface area contributed by atoms with Crippen molar-refractivity contribution >= 4 is 11.7 Å². The Labute approximate surface area is 153 Å². The highest BCUT2D eigenvalue weighted by atomic mass is 16.2. The van der Waals surface area contributed by atoms with Crippen molar-refractivity contribution in [3.05, 3.63) is 48.5 Å². The van der Waals surface area contributed by atoms with Crippen LogP contribution in [0.2, 0.25) is 0 Å². The second kappa shape index (κ2) is 8.97. The third kappa shape index (κ3) is 4.58. The molecule has 2 heterocycles. The van der Waals surface area contributed by atoms with E-state index in [1.54, 1.807) is 4.90 Å². The van der Waals surface area contributed by atoms with Gasteiger partial charge < -0.3 is 15.5 Å². The fourth-order valence-electron chi connectivity index (χ4n) is 3.08. The topological polar surface area (TPSA) is 81.0 Å². The van der Waals surface area contributed by atoms with Crippen molar-refractivity contribution in [2.24, 2.45) is 0 Å². The molecule has 134 valence electrons. The Morgan fingerprint density at radius 1 is 1.19 bits per heavy atom. The Morgan fingerprint density at radius 3 is 2.85 bits per heavy atom. The normalized spacial score (nSPS) is 16.3. The van der Waals surface area contributed by atoms with Gasteiger partial charge in [-0.2, -0.15) is 5.26 Å². The van der Waals surface area contributed by atoms with Gasteiger partial charge in [-0.05, 0) is 25.0 Å². The van der Waals surface area contributed by atoms with Crippen LogP contribution in [0.25, 0.3) is 11.3 Å². The van der Waals surface area contributed by atoms with Gasteiger partial charge in [0.1, 0.15) is 11.9 Å². The van der Waals surface area contributed by atoms with E-state index in [9.17, 15) is 4.79 Å². The first-order valence-corrected chi connectivity index (χ1v) is 8.94. The first-order valence-electron chi connectivity index (χ1n) is 8.94. The number of benzene rings is 1. The molecule has 1 aromatic carbocycles. The Kier molecular flexibility index (Phi) is 6.18. The van der Waals surface area contributed by atoms with Gasteiger partial charge in [0.25, 0.3) is 0 Å². The van der Waals surface area contributed by atoms with Crippen LogP contribution in [0.3, 0.4) is 0 Å². The molecule has 1 aliphatic heterocycles. The van der Waals surface area contributed by atoms with E-state index < -0.39 is 0 Å².